The molecule has 0 aromatic heterocycles. The van der Waals surface area contributed by atoms with Gasteiger partial charge in [0.2, 0.25) is 0 Å². The first-order valence-corrected chi connectivity index (χ1v) is 8.49. The molecular formula is C19H19NO5. The summed E-state index contributed by atoms with van der Waals surface area (Å²) in [6.45, 7) is 2.69. The van der Waals surface area contributed by atoms with Crippen LogP contribution in [0.4, 0.5) is 0 Å². The summed E-state index contributed by atoms with van der Waals surface area (Å²) in [6, 6.07) is 2.89. The Kier molecular flexibility index (Phi) is 4.05. The number of hydrogen-bond acceptors (Lipinski definition) is 6. The van der Waals surface area contributed by atoms with E-state index in [0.717, 1.165) is 43.2 Å². The smallest absolute Gasteiger partial charge is 0.336 e. The molecule has 25 heavy (non-hydrogen) atoms. The van der Waals surface area contributed by atoms with Crippen molar-refractivity contribution in [1.82, 2.24) is 4.90 Å². The summed E-state index contributed by atoms with van der Waals surface area (Å²) in [5.74, 6) is -0.428. The van der Waals surface area contributed by atoms with E-state index in [1.165, 1.54) is 25.0 Å². The molecule has 2 bridgehead atoms. The first-order valence-electron chi connectivity index (χ1n) is 8.49. The Bertz CT molecular complexity index is 791. The van der Waals surface area contributed by atoms with Gasteiger partial charge in [-0.25, -0.2) is 9.59 Å². The number of benzene rings is 1. The first kappa shape index (κ1) is 15.9. The highest BCUT2D eigenvalue weighted by Gasteiger charge is 2.29. The van der Waals surface area contributed by atoms with Gasteiger partial charge >= 0.3 is 11.9 Å². The van der Waals surface area contributed by atoms with Crippen LogP contribution in [-0.4, -0.2) is 41.6 Å². The van der Waals surface area contributed by atoms with E-state index in [1.54, 1.807) is 0 Å². The predicted octanol–water partition coefficient (Wildman–Crippen LogP) is 2.27. The largest absolute Gasteiger partial charge is 0.504 e. The number of hydrogen-bond donors (Lipinski definition) is 1. The second-order valence-electron chi connectivity index (χ2n) is 6.66. The lowest BCUT2D eigenvalue weighted by Crippen LogP contribution is -2.31. The molecule has 1 N–H and O–H groups in total. The predicted molar refractivity (Wildman–Crippen MR) is 90.3 cm³/mol. The van der Waals surface area contributed by atoms with E-state index in [0.29, 0.717) is 12.1 Å². The topological polar surface area (TPSA) is 76.1 Å². The van der Waals surface area contributed by atoms with Gasteiger partial charge in [0, 0.05) is 31.8 Å². The summed E-state index contributed by atoms with van der Waals surface area (Å²) in [6.07, 6.45) is 7.48. The molecule has 4 rings (SSSR count). The number of aromatic hydroxyl groups is 1. The van der Waals surface area contributed by atoms with Crippen molar-refractivity contribution in [3.63, 3.8) is 0 Å². The van der Waals surface area contributed by atoms with Crippen molar-refractivity contribution in [3.05, 3.63) is 35.9 Å². The Balaban J connectivity index is 1.73. The highest BCUT2D eigenvalue weighted by atomic mass is 16.6. The van der Waals surface area contributed by atoms with E-state index >= 15 is 0 Å². The lowest BCUT2D eigenvalue weighted by Gasteiger charge is -2.28. The van der Waals surface area contributed by atoms with Crippen LogP contribution in [0, 0.1) is 5.92 Å². The van der Waals surface area contributed by atoms with Crippen LogP contribution in [0.25, 0.3) is 5.57 Å². The zero-order valence-corrected chi connectivity index (χ0v) is 13.7. The van der Waals surface area contributed by atoms with Gasteiger partial charge in [0.1, 0.15) is 5.75 Å². The number of phenols is 1. The maximum absolute atomic E-state index is 11.9. The van der Waals surface area contributed by atoms with E-state index in [9.17, 15) is 14.7 Å². The zero-order valence-electron chi connectivity index (χ0n) is 13.7. The molecule has 1 aromatic rings. The maximum Gasteiger partial charge on any atom is 0.336 e. The van der Waals surface area contributed by atoms with Crippen LogP contribution in [0.5, 0.6) is 17.2 Å². The molecule has 1 aromatic carbocycles. The van der Waals surface area contributed by atoms with Crippen molar-refractivity contribution in [1.29, 1.82) is 0 Å². The maximum atomic E-state index is 11.9. The molecule has 0 unspecified atom stereocenters. The minimum absolute atomic E-state index is 0.0429. The van der Waals surface area contributed by atoms with Gasteiger partial charge in [0.05, 0.1) is 5.56 Å². The van der Waals surface area contributed by atoms with Gasteiger partial charge in [0.15, 0.2) is 11.5 Å². The van der Waals surface area contributed by atoms with Crippen LogP contribution < -0.4 is 9.47 Å². The summed E-state index contributed by atoms with van der Waals surface area (Å²) >= 11 is 0. The van der Waals surface area contributed by atoms with E-state index < -0.39 is 11.9 Å². The number of nitrogens with zero attached hydrogens (tertiary/aromatic N) is 1. The number of ether oxygens (including phenoxy) is 2. The second-order valence-corrected chi connectivity index (χ2v) is 6.66. The van der Waals surface area contributed by atoms with Crippen LogP contribution in [0.15, 0.2) is 30.4 Å². The third-order valence-corrected chi connectivity index (χ3v) is 4.63. The molecule has 0 atom stereocenters. The molecule has 1 aliphatic carbocycles. The third-order valence-electron chi connectivity index (χ3n) is 4.63. The van der Waals surface area contributed by atoms with E-state index in [2.05, 4.69) is 11.0 Å². The lowest BCUT2D eigenvalue weighted by atomic mass is 9.98. The van der Waals surface area contributed by atoms with Crippen molar-refractivity contribution in [3.8, 4) is 17.2 Å². The molecule has 3 aliphatic rings. The zero-order chi connectivity index (χ0) is 17.4. The molecule has 2 heterocycles. The average Bonchev–Trinajstić information content (AvgIpc) is 3.39. The Morgan fingerprint density at radius 3 is 2.64 bits per heavy atom. The van der Waals surface area contributed by atoms with E-state index in [4.69, 9.17) is 9.47 Å². The van der Waals surface area contributed by atoms with Crippen LogP contribution in [0.3, 0.4) is 0 Å². The number of carbonyl (C=O) groups is 2. The first-order chi connectivity index (χ1) is 12.1. The Morgan fingerprint density at radius 1 is 1.12 bits per heavy atom. The van der Waals surface area contributed by atoms with Gasteiger partial charge in [-0.2, -0.15) is 0 Å². The number of fused-ring (bicyclic) bond motifs is 2. The Labute approximate surface area is 145 Å². The molecule has 1 fully saturated rings. The highest BCUT2D eigenvalue weighted by molar-refractivity contribution is 5.96. The number of esters is 2. The van der Waals surface area contributed by atoms with Crippen molar-refractivity contribution < 1.29 is 24.2 Å². The fourth-order valence-electron chi connectivity index (χ4n) is 3.27. The second kappa shape index (κ2) is 6.37. The molecule has 6 heteroatoms. The van der Waals surface area contributed by atoms with Crippen molar-refractivity contribution in [2.45, 2.75) is 19.3 Å². The minimum atomic E-state index is -0.723. The fraction of sp³-hybridized carbons (Fsp3) is 0.368. The Morgan fingerprint density at radius 2 is 1.88 bits per heavy atom. The SMILES string of the molecule is O=C1/C=C/C(=O)Oc2c(O)ccc(c2C2=CCCN(CC3CC3)C2)O1. The standard InChI is InChI=1S/C19H19NO5/c21-14-5-6-15-18(19(14)25-17(23)8-7-16(22)24-15)13-2-1-9-20(11-13)10-12-3-4-12/h2,5-8,12,21H,1,3-4,9-11H2/b8-7+. The summed E-state index contributed by atoms with van der Waals surface area (Å²) < 4.78 is 10.7. The van der Waals surface area contributed by atoms with Gasteiger partial charge in [-0.3, -0.25) is 4.90 Å². The molecule has 0 spiro atoms. The average molecular weight is 341 g/mol. The van der Waals surface area contributed by atoms with Crippen molar-refractivity contribution >= 4 is 17.5 Å². The number of rotatable bonds is 3. The quantitative estimate of drug-likeness (QED) is 0.671. The monoisotopic (exact) mass is 341 g/mol. The normalized spacial score (nSPS) is 22.2. The van der Waals surface area contributed by atoms with Gasteiger partial charge in [-0.1, -0.05) is 6.08 Å². The van der Waals surface area contributed by atoms with Crippen LogP contribution in [0.2, 0.25) is 0 Å². The number of phenolic OH excluding ortho intramolecular Hbond substituents is 1. The van der Waals surface area contributed by atoms with Gasteiger partial charge < -0.3 is 14.6 Å². The highest BCUT2D eigenvalue weighted by Crippen LogP contribution is 2.43. The third kappa shape index (κ3) is 3.44. The molecule has 0 amide bonds. The summed E-state index contributed by atoms with van der Waals surface area (Å²) in [4.78, 5) is 26.1. The molecule has 130 valence electrons. The molecule has 6 nitrogen and oxygen atoms in total. The van der Waals surface area contributed by atoms with Gasteiger partial charge in [-0.05, 0) is 42.9 Å². The van der Waals surface area contributed by atoms with Gasteiger partial charge in [0.25, 0.3) is 0 Å². The minimum Gasteiger partial charge on any atom is -0.504 e. The summed E-state index contributed by atoms with van der Waals surface area (Å²) in [7, 11) is 0. The summed E-state index contributed by atoms with van der Waals surface area (Å²) in [5, 5.41) is 10.2. The van der Waals surface area contributed by atoms with Crippen LogP contribution in [-0.2, 0) is 9.59 Å². The Hall–Kier alpha value is -2.60. The van der Waals surface area contributed by atoms with E-state index in [-0.39, 0.29) is 17.2 Å². The van der Waals surface area contributed by atoms with Crippen LogP contribution in [0.1, 0.15) is 24.8 Å². The molecular weight excluding hydrogens is 322 g/mol. The number of carbonyl (C=O) groups excluding carboxylic acids is 2. The van der Waals surface area contributed by atoms with Crippen molar-refractivity contribution in [2.75, 3.05) is 19.6 Å². The molecule has 1 saturated carbocycles. The molecule has 0 saturated heterocycles. The van der Waals surface area contributed by atoms with E-state index in [1.807, 2.05) is 0 Å². The lowest BCUT2D eigenvalue weighted by molar-refractivity contribution is -0.131. The summed E-state index contributed by atoms with van der Waals surface area (Å²) in [5.41, 5.74) is 1.38. The fourth-order valence-corrected chi connectivity index (χ4v) is 3.27. The van der Waals surface area contributed by atoms with Crippen LogP contribution >= 0.6 is 0 Å². The van der Waals surface area contributed by atoms with Crippen molar-refractivity contribution in [2.24, 2.45) is 5.92 Å². The van der Waals surface area contributed by atoms with Gasteiger partial charge in [-0.15, -0.1) is 0 Å². The molecule has 0 radical (unpaired) electrons. The molecule has 2 aliphatic heterocycles.